The van der Waals surface area contributed by atoms with E-state index in [1.807, 2.05) is 0 Å². The van der Waals surface area contributed by atoms with Gasteiger partial charge in [0.25, 0.3) is 5.82 Å². The highest BCUT2D eigenvalue weighted by molar-refractivity contribution is 4.84. The fourth-order valence-electron chi connectivity index (χ4n) is 8.62. The van der Waals surface area contributed by atoms with Gasteiger partial charge in [-0.15, -0.1) is 0 Å². The highest BCUT2D eigenvalue weighted by Gasteiger charge is 2.16. The minimum absolute atomic E-state index is 1.23. The lowest BCUT2D eigenvalue weighted by Crippen LogP contribution is -2.37. The van der Waals surface area contributed by atoms with Crippen molar-refractivity contribution in [1.82, 2.24) is 4.57 Å². The zero-order valence-corrected chi connectivity index (χ0v) is 37.4. The summed E-state index contributed by atoms with van der Waals surface area (Å²) >= 11 is 0. The molecule has 1 aromatic heterocycles. The summed E-state index contributed by atoms with van der Waals surface area (Å²) < 4.78 is 5.31. The number of aromatic nitrogens is 2. The largest absolute Gasteiger partial charge is 0.256 e. The van der Waals surface area contributed by atoms with E-state index in [2.05, 4.69) is 42.3 Å². The van der Waals surface area contributed by atoms with Gasteiger partial charge in [-0.05, 0) is 32.1 Å². The molecule has 0 amide bonds. The van der Waals surface area contributed by atoms with Crippen LogP contribution in [0.3, 0.4) is 0 Å². The van der Waals surface area contributed by atoms with Crippen LogP contribution in [-0.4, -0.2) is 4.57 Å². The lowest BCUT2D eigenvalue weighted by Gasteiger charge is -2.07. The molecule has 0 bridgehead atoms. The molecule has 53 heavy (non-hydrogen) atoms. The van der Waals surface area contributed by atoms with Gasteiger partial charge >= 0.3 is 0 Å². The average molecular weight is 742 g/mol. The Balaban J connectivity index is 2.21. The van der Waals surface area contributed by atoms with Crippen LogP contribution in [0.5, 0.6) is 0 Å². The van der Waals surface area contributed by atoms with Gasteiger partial charge in [0.05, 0.1) is 13.1 Å². The summed E-state index contributed by atoms with van der Waals surface area (Å²) in [6.45, 7) is 9.42. The molecule has 314 valence electrons. The fourth-order valence-corrected chi connectivity index (χ4v) is 8.62. The molecule has 0 atom stereocenters. The van der Waals surface area contributed by atoms with Crippen LogP contribution >= 0.6 is 0 Å². The molecular formula is C51H101N2+. The molecule has 0 fully saturated rings. The van der Waals surface area contributed by atoms with Gasteiger partial charge in [0.1, 0.15) is 12.4 Å². The topological polar surface area (TPSA) is 8.81 Å². The maximum absolute atomic E-state index is 2.66. The Kier molecular flexibility index (Phi) is 40.1. The van der Waals surface area contributed by atoms with E-state index in [0.29, 0.717) is 0 Å². The van der Waals surface area contributed by atoms with Crippen LogP contribution in [0.15, 0.2) is 12.4 Å². The van der Waals surface area contributed by atoms with Crippen LogP contribution in [0, 0.1) is 0 Å². The van der Waals surface area contributed by atoms with Gasteiger partial charge in [0.15, 0.2) is 0 Å². The second-order valence-corrected chi connectivity index (χ2v) is 17.6. The molecule has 1 rings (SSSR count). The molecule has 2 heteroatoms. The van der Waals surface area contributed by atoms with Crippen LogP contribution in [0.4, 0.5) is 0 Å². The molecule has 0 aliphatic carbocycles. The quantitative estimate of drug-likeness (QED) is 0.0465. The molecule has 1 heterocycles. The molecule has 0 radical (unpaired) electrons. The highest BCUT2D eigenvalue weighted by Crippen LogP contribution is 2.17. The third-order valence-corrected chi connectivity index (χ3v) is 12.3. The van der Waals surface area contributed by atoms with Crippen molar-refractivity contribution < 1.29 is 4.57 Å². The Morgan fingerprint density at radius 2 is 0.585 bits per heavy atom. The molecule has 0 unspecified atom stereocenters. The first kappa shape index (κ1) is 50.2. The second kappa shape index (κ2) is 42.4. The van der Waals surface area contributed by atoms with Crippen molar-refractivity contribution >= 4 is 0 Å². The summed E-state index contributed by atoms with van der Waals surface area (Å²) in [5.41, 5.74) is 0. The minimum atomic E-state index is 1.23. The van der Waals surface area contributed by atoms with E-state index in [-0.39, 0.29) is 0 Å². The van der Waals surface area contributed by atoms with E-state index in [0.717, 1.165) is 0 Å². The van der Waals surface area contributed by atoms with Crippen molar-refractivity contribution in [3.63, 3.8) is 0 Å². The molecule has 0 N–H and O–H groups in total. The van der Waals surface area contributed by atoms with Crippen LogP contribution in [0.1, 0.15) is 296 Å². The second-order valence-electron chi connectivity index (χ2n) is 17.6. The van der Waals surface area contributed by atoms with E-state index in [4.69, 9.17) is 0 Å². The van der Waals surface area contributed by atoms with Gasteiger partial charge in [-0.25, -0.2) is 9.13 Å². The number of nitrogens with zero attached hydrogens (tertiary/aromatic N) is 2. The molecular weight excluding hydrogens is 641 g/mol. The van der Waals surface area contributed by atoms with Crippen LogP contribution < -0.4 is 4.57 Å². The van der Waals surface area contributed by atoms with Crippen LogP contribution in [-0.2, 0) is 19.5 Å². The summed E-state index contributed by atoms with van der Waals surface area (Å²) in [5.74, 6) is 1.63. The van der Waals surface area contributed by atoms with Crippen LogP contribution in [0.2, 0.25) is 0 Å². The summed E-state index contributed by atoms with van der Waals surface area (Å²) in [6, 6.07) is 0. The lowest BCUT2D eigenvalue weighted by molar-refractivity contribution is -0.704. The number of hydrogen-bond donors (Lipinski definition) is 0. The van der Waals surface area contributed by atoms with Gasteiger partial charge in [0.2, 0.25) is 0 Å². The average Bonchev–Trinajstić information content (AvgIpc) is 3.55. The SMILES string of the molecule is CCCCCCCCCCCCCCCCCCCc1n(CCCCCCCCCCCCCCCCCC)cc[n+]1CCCCCCCCCCC. The molecule has 1 aromatic rings. The smallest absolute Gasteiger partial charge is 0.234 e. The molecule has 0 saturated carbocycles. The molecule has 0 aromatic carbocycles. The first-order valence-corrected chi connectivity index (χ1v) is 25.4. The van der Waals surface area contributed by atoms with Crippen molar-refractivity contribution in [2.75, 3.05) is 0 Å². The summed E-state index contributed by atoms with van der Waals surface area (Å²) in [6.07, 6.45) is 66.8. The highest BCUT2D eigenvalue weighted by atomic mass is 15.1. The normalized spacial score (nSPS) is 11.7. The van der Waals surface area contributed by atoms with Crippen LogP contribution in [0.25, 0.3) is 0 Å². The minimum Gasteiger partial charge on any atom is -0.234 e. The molecule has 0 aliphatic heterocycles. The third kappa shape index (κ3) is 34.2. The molecule has 0 aliphatic rings. The monoisotopic (exact) mass is 742 g/mol. The van der Waals surface area contributed by atoms with Gasteiger partial charge in [-0.3, -0.25) is 0 Å². The van der Waals surface area contributed by atoms with E-state index in [1.165, 1.54) is 289 Å². The maximum Gasteiger partial charge on any atom is 0.256 e. The summed E-state index contributed by atoms with van der Waals surface area (Å²) in [7, 11) is 0. The van der Waals surface area contributed by atoms with E-state index < -0.39 is 0 Å². The predicted molar refractivity (Wildman–Crippen MR) is 239 cm³/mol. The van der Waals surface area contributed by atoms with Gasteiger partial charge in [-0.1, -0.05) is 258 Å². The first-order valence-electron chi connectivity index (χ1n) is 25.4. The Bertz CT molecular complexity index is 811. The summed E-state index contributed by atoms with van der Waals surface area (Å²) in [5, 5.41) is 0. The Morgan fingerprint density at radius 3 is 0.906 bits per heavy atom. The Labute approximate surface area is 336 Å². The number of unbranched alkanes of at least 4 members (excludes halogenated alkanes) is 39. The Morgan fingerprint density at radius 1 is 0.321 bits per heavy atom. The Hall–Kier alpha value is -0.790. The first-order chi connectivity index (χ1) is 26.3. The number of hydrogen-bond acceptors (Lipinski definition) is 0. The zero-order valence-electron chi connectivity index (χ0n) is 37.4. The van der Waals surface area contributed by atoms with Gasteiger partial charge in [0, 0.05) is 6.42 Å². The standard InChI is InChI=1S/C51H101N2/c1-4-7-10-13-16-19-21-23-25-27-28-30-32-34-37-40-43-46-51-52(47-44-41-38-35-18-15-12-9-6-3)49-50-53(51)48-45-42-39-36-33-31-29-26-24-22-20-17-14-11-8-5-2/h49-50H,4-48H2,1-3H3/q+1. The lowest BCUT2D eigenvalue weighted by atomic mass is 10.0. The maximum atomic E-state index is 2.66. The zero-order chi connectivity index (χ0) is 38.0. The number of imidazole rings is 1. The van der Waals surface area contributed by atoms with Gasteiger partial charge in [-0.2, -0.15) is 0 Å². The predicted octanol–water partition coefficient (Wildman–Crippen LogP) is 17.8. The third-order valence-electron chi connectivity index (χ3n) is 12.3. The number of aryl methyl sites for hydroxylation is 2. The van der Waals surface area contributed by atoms with E-state index >= 15 is 0 Å². The summed E-state index contributed by atoms with van der Waals surface area (Å²) in [4.78, 5) is 0. The fraction of sp³-hybridized carbons (Fsp3) is 0.941. The van der Waals surface area contributed by atoms with E-state index in [1.54, 1.807) is 5.82 Å². The molecule has 2 nitrogen and oxygen atoms in total. The van der Waals surface area contributed by atoms with Crippen molar-refractivity contribution in [2.45, 2.75) is 310 Å². The van der Waals surface area contributed by atoms with Crippen molar-refractivity contribution in [2.24, 2.45) is 0 Å². The molecule has 0 saturated heterocycles. The van der Waals surface area contributed by atoms with E-state index in [9.17, 15) is 0 Å². The molecule has 0 spiro atoms. The van der Waals surface area contributed by atoms with Crippen molar-refractivity contribution in [1.29, 1.82) is 0 Å². The van der Waals surface area contributed by atoms with Gasteiger partial charge < -0.3 is 0 Å². The van der Waals surface area contributed by atoms with Crippen molar-refractivity contribution in [3.8, 4) is 0 Å². The van der Waals surface area contributed by atoms with Crippen molar-refractivity contribution in [3.05, 3.63) is 18.2 Å². The number of rotatable bonds is 45.